The number of nitrogens with one attached hydrogen (secondary N) is 1. The lowest BCUT2D eigenvalue weighted by Gasteiger charge is -2.12. The molecule has 6 heteroatoms. The van der Waals surface area contributed by atoms with Crippen LogP contribution in [0.5, 0.6) is 5.88 Å². The molecular weight excluding hydrogens is 244 g/mol. The van der Waals surface area contributed by atoms with E-state index in [0.717, 1.165) is 18.5 Å². The summed E-state index contributed by atoms with van der Waals surface area (Å²) in [6.45, 7) is 5.91. The van der Waals surface area contributed by atoms with Gasteiger partial charge in [-0.3, -0.25) is 0 Å². The van der Waals surface area contributed by atoms with Gasteiger partial charge in [0.05, 0.1) is 13.2 Å². The van der Waals surface area contributed by atoms with Crippen molar-refractivity contribution < 1.29 is 9.47 Å². The van der Waals surface area contributed by atoms with Crippen molar-refractivity contribution in [1.29, 1.82) is 0 Å². The second-order valence-electron chi connectivity index (χ2n) is 4.45. The number of ether oxygens (including phenoxy) is 2. The van der Waals surface area contributed by atoms with Gasteiger partial charge in [-0.05, 0) is 19.8 Å². The molecular formula is C13H24N4O2. The molecule has 1 heterocycles. The number of anilines is 1. The third kappa shape index (κ3) is 6.35. The summed E-state index contributed by atoms with van der Waals surface area (Å²) in [5, 5.41) is 3.15. The Morgan fingerprint density at radius 1 is 1.42 bits per heavy atom. The molecule has 0 aliphatic carbocycles. The molecule has 1 unspecified atom stereocenters. The van der Waals surface area contributed by atoms with Crippen LogP contribution in [0, 0.1) is 6.92 Å². The molecule has 0 saturated heterocycles. The van der Waals surface area contributed by atoms with Crippen LogP contribution in [0.4, 0.5) is 5.95 Å². The molecule has 0 amide bonds. The fraction of sp³-hybridized carbons (Fsp3) is 0.692. The van der Waals surface area contributed by atoms with Gasteiger partial charge in [0.25, 0.3) is 0 Å². The van der Waals surface area contributed by atoms with Crippen LogP contribution >= 0.6 is 0 Å². The van der Waals surface area contributed by atoms with Crippen molar-refractivity contribution in [3.05, 3.63) is 11.8 Å². The molecule has 0 bridgehead atoms. The van der Waals surface area contributed by atoms with Gasteiger partial charge < -0.3 is 20.5 Å². The van der Waals surface area contributed by atoms with E-state index in [0.29, 0.717) is 31.6 Å². The zero-order chi connectivity index (χ0) is 14.1. The van der Waals surface area contributed by atoms with E-state index in [9.17, 15) is 0 Å². The quantitative estimate of drug-likeness (QED) is 0.703. The standard InChI is InChI=1S/C13H24N4O2/c1-4-7-19-12-8-10(2)16-13(17-12)15-6-5-11(14)9-18-3/h8,11H,4-7,9,14H2,1-3H3,(H,15,16,17). The van der Waals surface area contributed by atoms with Crippen molar-refractivity contribution in [2.45, 2.75) is 32.7 Å². The van der Waals surface area contributed by atoms with Crippen LogP contribution < -0.4 is 15.8 Å². The minimum absolute atomic E-state index is 0.0260. The van der Waals surface area contributed by atoms with Crippen LogP contribution in [0.25, 0.3) is 0 Å². The molecule has 19 heavy (non-hydrogen) atoms. The van der Waals surface area contributed by atoms with Gasteiger partial charge in [-0.2, -0.15) is 4.98 Å². The minimum Gasteiger partial charge on any atom is -0.478 e. The molecule has 0 fully saturated rings. The average Bonchev–Trinajstić information content (AvgIpc) is 2.36. The largest absolute Gasteiger partial charge is 0.478 e. The summed E-state index contributed by atoms with van der Waals surface area (Å²) in [6, 6.07) is 1.86. The molecule has 1 rings (SSSR count). The van der Waals surface area contributed by atoms with Crippen molar-refractivity contribution in [3.63, 3.8) is 0 Å². The van der Waals surface area contributed by atoms with Crippen LogP contribution in [0.1, 0.15) is 25.5 Å². The number of hydrogen-bond donors (Lipinski definition) is 2. The van der Waals surface area contributed by atoms with Crippen molar-refractivity contribution in [3.8, 4) is 5.88 Å². The summed E-state index contributed by atoms with van der Waals surface area (Å²) >= 11 is 0. The summed E-state index contributed by atoms with van der Waals surface area (Å²) in [5.74, 6) is 1.19. The number of aryl methyl sites for hydroxylation is 1. The summed E-state index contributed by atoms with van der Waals surface area (Å²) in [4.78, 5) is 8.61. The highest BCUT2D eigenvalue weighted by atomic mass is 16.5. The highest BCUT2D eigenvalue weighted by Gasteiger charge is 2.05. The monoisotopic (exact) mass is 268 g/mol. The maximum atomic E-state index is 5.84. The lowest BCUT2D eigenvalue weighted by Crippen LogP contribution is -2.28. The first-order valence-corrected chi connectivity index (χ1v) is 6.62. The topological polar surface area (TPSA) is 82.3 Å². The van der Waals surface area contributed by atoms with Crippen LogP contribution in [0.3, 0.4) is 0 Å². The highest BCUT2D eigenvalue weighted by Crippen LogP contribution is 2.12. The fourth-order valence-electron chi connectivity index (χ4n) is 1.57. The molecule has 0 spiro atoms. The summed E-state index contributed by atoms with van der Waals surface area (Å²) in [6.07, 6.45) is 1.76. The van der Waals surface area contributed by atoms with Crippen LogP contribution in [0.2, 0.25) is 0 Å². The maximum absolute atomic E-state index is 5.84. The number of aromatic nitrogens is 2. The smallest absolute Gasteiger partial charge is 0.226 e. The second kappa shape index (κ2) is 8.66. The number of methoxy groups -OCH3 is 1. The molecule has 3 N–H and O–H groups in total. The summed E-state index contributed by atoms with van der Waals surface area (Å²) < 4.78 is 10.5. The second-order valence-corrected chi connectivity index (χ2v) is 4.45. The first kappa shape index (κ1) is 15.7. The van der Waals surface area contributed by atoms with Crippen molar-refractivity contribution in [2.24, 2.45) is 5.73 Å². The SMILES string of the molecule is CCCOc1cc(C)nc(NCCC(N)COC)n1. The molecule has 0 aliphatic heterocycles. The average molecular weight is 268 g/mol. The van der Waals surface area contributed by atoms with Crippen molar-refractivity contribution in [2.75, 3.05) is 32.2 Å². The van der Waals surface area contributed by atoms with Crippen LogP contribution in [0.15, 0.2) is 6.07 Å². The highest BCUT2D eigenvalue weighted by molar-refractivity contribution is 5.30. The van der Waals surface area contributed by atoms with Crippen molar-refractivity contribution >= 4 is 5.95 Å². The number of hydrogen-bond acceptors (Lipinski definition) is 6. The van der Waals surface area contributed by atoms with Crippen LogP contribution in [-0.4, -0.2) is 42.9 Å². The van der Waals surface area contributed by atoms with Gasteiger partial charge in [0.1, 0.15) is 0 Å². The Hall–Kier alpha value is -1.40. The van der Waals surface area contributed by atoms with E-state index in [1.165, 1.54) is 0 Å². The van der Waals surface area contributed by atoms with E-state index >= 15 is 0 Å². The Morgan fingerprint density at radius 3 is 2.89 bits per heavy atom. The fourth-order valence-corrected chi connectivity index (χ4v) is 1.57. The minimum atomic E-state index is 0.0260. The lowest BCUT2D eigenvalue weighted by atomic mass is 10.2. The Bertz CT molecular complexity index is 374. The van der Waals surface area contributed by atoms with Gasteiger partial charge in [-0.25, -0.2) is 4.98 Å². The van der Waals surface area contributed by atoms with E-state index in [2.05, 4.69) is 22.2 Å². The molecule has 1 atom stereocenters. The van der Waals surface area contributed by atoms with E-state index in [1.54, 1.807) is 7.11 Å². The molecule has 0 aromatic carbocycles. The third-order valence-corrected chi connectivity index (χ3v) is 2.46. The Kier molecular flexibility index (Phi) is 7.14. The maximum Gasteiger partial charge on any atom is 0.226 e. The number of nitrogens with two attached hydrogens (primary N) is 1. The Balaban J connectivity index is 2.46. The van der Waals surface area contributed by atoms with Crippen molar-refractivity contribution in [1.82, 2.24) is 9.97 Å². The predicted octanol–water partition coefficient (Wildman–Crippen LogP) is 1.35. The molecule has 0 aliphatic rings. The number of nitrogens with zero attached hydrogens (tertiary/aromatic N) is 2. The molecule has 1 aromatic rings. The number of rotatable bonds is 9. The first-order chi connectivity index (χ1) is 9.15. The van der Waals surface area contributed by atoms with Gasteiger partial charge in [0.15, 0.2) is 0 Å². The van der Waals surface area contributed by atoms with E-state index in [-0.39, 0.29) is 6.04 Å². The molecule has 6 nitrogen and oxygen atoms in total. The van der Waals surface area contributed by atoms with E-state index in [4.69, 9.17) is 15.2 Å². The zero-order valence-corrected chi connectivity index (χ0v) is 12.0. The van der Waals surface area contributed by atoms with E-state index < -0.39 is 0 Å². The van der Waals surface area contributed by atoms with Gasteiger partial charge in [0.2, 0.25) is 11.8 Å². The van der Waals surface area contributed by atoms with E-state index in [1.807, 2.05) is 13.0 Å². The molecule has 1 aromatic heterocycles. The first-order valence-electron chi connectivity index (χ1n) is 6.62. The van der Waals surface area contributed by atoms with Crippen LogP contribution in [-0.2, 0) is 4.74 Å². The summed E-state index contributed by atoms with van der Waals surface area (Å²) in [5.41, 5.74) is 6.72. The molecule has 108 valence electrons. The van der Waals surface area contributed by atoms with Gasteiger partial charge in [0, 0.05) is 31.5 Å². The summed E-state index contributed by atoms with van der Waals surface area (Å²) in [7, 11) is 1.65. The lowest BCUT2D eigenvalue weighted by molar-refractivity contribution is 0.178. The molecule has 0 saturated carbocycles. The van der Waals surface area contributed by atoms with Gasteiger partial charge >= 0.3 is 0 Å². The Morgan fingerprint density at radius 2 is 2.21 bits per heavy atom. The zero-order valence-electron chi connectivity index (χ0n) is 12.0. The third-order valence-electron chi connectivity index (χ3n) is 2.46. The molecule has 0 radical (unpaired) electrons. The Labute approximate surface area is 114 Å². The normalized spacial score (nSPS) is 12.2. The van der Waals surface area contributed by atoms with Gasteiger partial charge in [-0.15, -0.1) is 0 Å². The van der Waals surface area contributed by atoms with Gasteiger partial charge in [-0.1, -0.05) is 6.92 Å². The predicted molar refractivity (Wildman–Crippen MR) is 75.5 cm³/mol.